The maximum absolute atomic E-state index is 6.41. The van der Waals surface area contributed by atoms with Crippen LogP contribution < -0.4 is 5.32 Å². The third-order valence-corrected chi connectivity index (χ3v) is 6.66. The van der Waals surface area contributed by atoms with E-state index in [0.29, 0.717) is 10.2 Å². The molecule has 0 aliphatic rings. The fraction of sp³-hybridized carbons (Fsp3) is 0.318. The zero-order valence-electron chi connectivity index (χ0n) is 18.1. The second-order valence-electron chi connectivity index (χ2n) is 7.73. The summed E-state index contributed by atoms with van der Waals surface area (Å²) in [6.07, 6.45) is 2.69. The summed E-state index contributed by atoms with van der Waals surface area (Å²) >= 11 is 16.3. The van der Waals surface area contributed by atoms with Gasteiger partial charge in [-0.05, 0) is 48.9 Å². The van der Waals surface area contributed by atoms with E-state index in [0.717, 1.165) is 64.5 Å². The van der Waals surface area contributed by atoms with Gasteiger partial charge in [-0.2, -0.15) is 14.7 Å². The van der Waals surface area contributed by atoms with Gasteiger partial charge in [0.2, 0.25) is 0 Å². The maximum Gasteiger partial charge on any atom is 0.172 e. The van der Waals surface area contributed by atoms with E-state index in [-0.39, 0.29) is 0 Å². The smallest absolute Gasteiger partial charge is 0.172 e. The van der Waals surface area contributed by atoms with Crippen molar-refractivity contribution in [2.75, 3.05) is 25.5 Å². The Balaban J connectivity index is 1.44. The Kier molecular flexibility index (Phi) is 7.05. The van der Waals surface area contributed by atoms with E-state index in [1.165, 1.54) is 0 Å². The number of fused-ring (bicyclic) bond motifs is 1. The number of aromatic nitrogens is 5. The SMILES string of the molecule is Cc1nn(C)c(Cl)c1CN(C)CCCNc1cc(-c2ccccc2Cl)nc2c(Br)cnn12. The van der Waals surface area contributed by atoms with Gasteiger partial charge in [-0.15, -0.1) is 0 Å². The average molecular weight is 537 g/mol. The summed E-state index contributed by atoms with van der Waals surface area (Å²) in [5.41, 5.74) is 4.47. The first-order valence-electron chi connectivity index (χ1n) is 10.2. The van der Waals surface area contributed by atoms with Crippen LogP contribution in [0.4, 0.5) is 5.82 Å². The molecule has 10 heteroatoms. The molecule has 0 spiro atoms. The van der Waals surface area contributed by atoms with Crippen molar-refractivity contribution in [3.63, 3.8) is 0 Å². The molecule has 3 heterocycles. The molecule has 0 amide bonds. The molecular formula is C22H24BrCl2N7. The molecule has 168 valence electrons. The molecule has 4 aromatic rings. The minimum Gasteiger partial charge on any atom is -0.370 e. The van der Waals surface area contributed by atoms with Gasteiger partial charge in [-0.1, -0.05) is 41.4 Å². The lowest BCUT2D eigenvalue weighted by atomic mass is 10.1. The van der Waals surface area contributed by atoms with Crippen molar-refractivity contribution in [3.8, 4) is 11.3 Å². The lowest BCUT2D eigenvalue weighted by Gasteiger charge is -2.17. The molecule has 4 rings (SSSR count). The van der Waals surface area contributed by atoms with Crippen LogP contribution in [0, 0.1) is 6.92 Å². The molecule has 1 aromatic carbocycles. The standard InChI is InChI=1S/C22H24BrCl2N7/c1-14-16(21(25)31(3)29-14)13-30(2)10-6-9-26-20-11-19(15-7-4-5-8-18(15)24)28-22-17(23)12-27-32(20)22/h4-5,7-8,11-12,26H,6,9-10,13H2,1-3H3. The molecule has 7 nitrogen and oxygen atoms in total. The summed E-state index contributed by atoms with van der Waals surface area (Å²) in [5.74, 6) is 0.865. The van der Waals surface area contributed by atoms with Crippen molar-refractivity contribution in [2.45, 2.75) is 19.9 Å². The lowest BCUT2D eigenvalue weighted by molar-refractivity contribution is 0.325. The van der Waals surface area contributed by atoms with Crippen LogP contribution in [-0.4, -0.2) is 49.4 Å². The maximum atomic E-state index is 6.41. The molecule has 0 bridgehead atoms. The topological polar surface area (TPSA) is 63.3 Å². The molecule has 0 atom stereocenters. The number of aryl methyl sites for hydroxylation is 2. The van der Waals surface area contributed by atoms with Crippen LogP contribution in [0.15, 0.2) is 41.0 Å². The Morgan fingerprint density at radius 3 is 2.72 bits per heavy atom. The van der Waals surface area contributed by atoms with Gasteiger partial charge in [-0.3, -0.25) is 4.68 Å². The van der Waals surface area contributed by atoms with E-state index >= 15 is 0 Å². The van der Waals surface area contributed by atoms with Crippen molar-refractivity contribution < 1.29 is 0 Å². The minimum absolute atomic E-state index is 0.664. The third kappa shape index (κ3) is 4.78. The molecule has 0 saturated carbocycles. The van der Waals surface area contributed by atoms with Crippen molar-refractivity contribution in [1.82, 2.24) is 29.3 Å². The first kappa shape index (κ1) is 23.0. The molecule has 0 saturated heterocycles. The summed E-state index contributed by atoms with van der Waals surface area (Å²) in [7, 11) is 3.95. The highest BCUT2D eigenvalue weighted by atomic mass is 79.9. The summed E-state index contributed by atoms with van der Waals surface area (Å²) in [5, 5.41) is 13.7. The zero-order valence-corrected chi connectivity index (χ0v) is 21.2. The molecule has 0 aliphatic heterocycles. The largest absolute Gasteiger partial charge is 0.370 e. The normalized spacial score (nSPS) is 11.6. The quantitative estimate of drug-likeness (QED) is 0.304. The van der Waals surface area contributed by atoms with Crippen molar-refractivity contribution >= 4 is 50.6 Å². The first-order valence-corrected chi connectivity index (χ1v) is 11.8. The van der Waals surface area contributed by atoms with E-state index in [2.05, 4.69) is 43.4 Å². The number of hydrogen-bond acceptors (Lipinski definition) is 5. The van der Waals surface area contributed by atoms with Crippen LogP contribution in [0.3, 0.4) is 0 Å². The lowest BCUT2D eigenvalue weighted by Crippen LogP contribution is -2.22. The van der Waals surface area contributed by atoms with Gasteiger partial charge in [0.1, 0.15) is 11.0 Å². The van der Waals surface area contributed by atoms with Crippen LogP contribution in [-0.2, 0) is 13.6 Å². The van der Waals surface area contributed by atoms with E-state index in [9.17, 15) is 0 Å². The number of nitrogens with one attached hydrogen (secondary N) is 1. The van der Waals surface area contributed by atoms with Crippen molar-refractivity contribution in [1.29, 1.82) is 0 Å². The summed E-state index contributed by atoms with van der Waals surface area (Å²) in [4.78, 5) is 7.00. The van der Waals surface area contributed by atoms with E-state index in [4.69, 9.17) is 28.2 Å². The Morgan fingerprint density at radius 1 is 1.22 bits per heavy atom. The van der Waals surface area contributed by atoms with E-state index in [1.807, 2.05) is 44.3 Å². The molecule has 3 aromatic heterocycles. The minimum atomic E-state index is 0.664. The number of anilines is 1. The van der Waals surface area contributed by atoms with Gasteiger partial charge >= 0.3 is 0 Å². The molecule has 0 fully saturated rings. The number of hydrogen-bond donors (Lipinski definition) is 1. The summed E-state index contributed by atoms with van der Waals surface area (Å²) in [6.45, 7) is 4.44. The van der Waals surface area contributed by atoms with Crippen LogP contribution in [0.2, 0.25) is 10.2 Å². The molecule has 0 aliphatic carbocycles. The van der Waals surface area contributed by atoms with Crippen LogP contribution in [0.5, 0.6) is 0 Å². The predicted octanol–water partition coefficient (Wildman–Crippen LogP) is 5.44. The van der Waals surface area contributed by atoms with Crippen molar-refractivity contribution in [2.24, 2.45) is 7.05 Å². The Hall–Kier alpha value is -2.13. The summed E-state index contributed by atoms with van der Waals surface area (Å²) < 4.78 is 4.35. The Labute approximate surface area is 205 Å². The molecule has 0 radical (unpaired) electrons. The highest BCUT2D eigenvalue weighted by Crippen LogP contribution is 2.30. The summed E-state index contributed by atoms with van der Waals surface area (Å²) in [6, 6.07) is 9.69. The fourth-order valence-electron chi connectivity index (χ4n) is 3.64. The fourth-order valence-corrected chi connectivity index (χ4v) is 4.45. The third-order valence-electron chi connectivity index (χ3n) is 5.30. The Bertz CT molecular complexity index is 1250. The monoisotopic (exact) mass is 535 g/mol. The second kappa shape index (κ2) is 9.79. The number of nitrogens with zero attached hydrogens (tertiary/aromatic N) is 6. The predicted molar refractivity (Wildman–Crippen MR) is 134 cm³/mol. The van der Waals surface area contributed by atoms with E-state index in [1.54, 1.807) is 15.4 Å². The van der Waals surface area contributed by atoms with E-state index < -0.39 is 0 Å². The second-order valence-corrected chi connectivity index (χ2v) is 9.35. The van der Waals surface area contributed by atoms with Gasteiger partial charge < -0.3 is 10.2 Å². The number of halogens is 3. The molecule has 32 heavy (non-hydrogen) atoms. The zero-order chi connectivity index (χ0) is 22.8. The number of benzene rings is 1. The van der Waals surface area contributed by atoms with Crippen LogP contribution >= 0.6 is 39.1 Å². The number of rotatable bonds is 8. The average Bonchev–Trinajstić information content (AvgIpc) is 3.25. The van der Waals surface area contributed by atoms with Gasteiger partial charge in [0.15, 0.2) is 5.65 Å². The van der Waals surface area contributed by atoms with Gasteiger partial charge in [-0.25, -0.2) is 4.98 Å². The molecule has 0 unspecified atom stereocenters. The van der Waals surface area contributed by atoms with Gasteiger partial charge in [0, 0.05) is 42.4 Å². The van der Waals surface area contributed by atoms with Gasteiger partial charge in [0.25, 0.3) is 0 Å². The Morgan fingerprint density at radius 2 is 2.00 bits per heavy atom. The van der Waals surface area contributed by atoms with Gasteiger partial charge in [0.05, 0.1) is 22.1 Å². The van der Waals surface area contributed by atoms with Crippen LogP contribution in [0.25, 0.3) is 16.9 Å². The molecular weight excluding hydrogens is 513 g/mol. The highest BCUT2D eigenvalue weighted by Gasteiger charge is 2.14. The van der Waals surface area contributed by atoms with Crippen LogP contribution in [0.1, 0.15) is 17.7 Å². The first-order chi connectivity index (χ1) is 15.3. The molecule has 1 N–H and O–H groups in total. The van der Waals surface area contributed by atoms with Crippen molar-refractivity contribution in [3.05, 3.63) is 62.4 Å². The highest BCUT2D eigenvalue weighted by molar-refractivity contribution is 9.10.